The molecule has 22 heavy (non-hydrogen) atoms. The van der Waals surface area contributed by atoms with E-state index in [1.54, 1.807) is 12.6 Å². The molecule has 0 radical (unpaired) electrons. The molecule has 3 aromatic rings. The van der Waals surface area contributed by atoms with Crippen LogP contribution in [0.4, 0.5) is 5.13 Å². The molecule has 7 heteroatoms. The lowest BCUT2D eigenvalue weighted by Crippen LogP contribution is -2.15. The van der Waals surface area contributed by atoms with Gasteiger partial charge < -0.3 is 14.6 Å². The van der Waals surface area contributed by atoms with Crippen LogP contribution in [-0.4, -0.2) is 29.1 Å². The monoisotopic (exact) mass is 317 g/mol. The number of H-pyrrole nitrogens is 1. The number of hydrogen-bond acceptors (Lipinski definition) is 5. The van der Waals surface area contributed by atoms with Gasteiger partial charge in [-0.25, -0.2) is 0 Å². The minimum absolute atomic E-state index is 0.0338. The van der Waals surface area contributed by atoms with Crippen LogP contribution >= 0.6 is 11.3 Å². The van der Waals surface area contributed by atoms with Gasteiger partial charge in [0.2, 0.25) is 0 Å². The van der Waals surface area contributed by atoms with Crippen LogP contribution in [0.25, 0.3) is 10.9 Å². The quantitative estimate of drug-likeness (QED) is 0.731. The fourth-order valence-electron chi connectivity index (χ4n) is 2.55. The van der Waals surface area contributed by atoms with Crippen molar-refractivity contribution < 1.29 is 14.6 Å². The van der Waals surface area contributed by atoms with Crippen molar-refractivity contribution in [3.05, 3.63) is 35.0 Å². The van der Waals surface area contributed by atoms with E-state index in [1.807, 2.05) is 36.7 Å². The first-order valence-corrected chi connectivity index (χ1v) is 7.71. The smallest absolute Gasteiger partial charge is 0.255 e. The van der Waals surface area contributed by atoms with Crippen LogP contribution in [0.15, 0.2) is 23.7 Å². The highest BCUT2D eigenvalue weighted by Crippen LogP contribution is 2.29. The van der Waals surface area contributed by atoms with E-state index in [4.69, 9.17) is 4.74 Å². The van der Waals surface area contributed by atoms with Gasteiger partial charge in [-0.3, -0.25) is 4.79 Å². The molecule has 6 nitrogen and oxygen atoms in total. The lowest BCUT2D eigenvalue weighted by Gasteiger charge is -2.03. The van der Waals surface area contributed by atoms with Gasteiger partial charge in [-0.05, 0) is 36.5 Å². The fourth-order valence-corrected chi connectivity index (χ4v) is 3.03. The molecule has 0 saturated heterocycles. The number of carbonyl (C=O) groups is 1. The van der Waals surface area contributed by atoms with Gasteiger partial charge in [0.1, 0.15) is 5.75 Å². The Morgan fingerprint density at radius 1 is 1.50 bits per heavy atom. The zero-order valence-electron chi connectivity index (χ0n) is 12.6. The third-order valence-corrected chi connectivity index (χ3v) is 4.45. The highest BCUT2D eigenvalue weighted by molar-refractivity contribution is 7.13. The molecule has 2 N–H and O–H groups in total. The van der Waals surface area contributed by atoms with Gasteiger partial charge in [-0.1, -0.05) is 5.10 Å². The summed E-state index contributed by atoms with van der Waals surface area (Å²) in [5, 5.41) is 11.4. The molecule has 114 valence electrons. The minimum atomic E-state index is 0.0338. The van der Waals surface area contributed by atoms with Gasteiger partial charge in [-0.15, -0.1) is 0 Å². The minimum Gasteiger partial charge on any atom is -0.497 e. The molecule has 0 fully saturated rings. The van der Waals surface area contributed by atoms with E-state index < -0.39 is 0 Å². The van der Waals surface area contributed by atoms with Gasteiger partial charge in [0.15, 0.2) is 5.78 Å². The fraction of sp³-hybridized carbons (Fsp3) is 0.267. The van der Waals surface area contributed by atoms with Gasteiger partial charge >= 0.3 is 0 Å². The molecule has 0 aliphatic heterocycles. The van der Waals surface area contributed by atoms with Gasteiger partial charge in [0.25, 0.3) is 10.6 Å². The average Bonchev–Trinajstić information content (AvgIpc) is 3.13. The zero-order valence-corrected chi connectivity index (χ0v) is 13.5. The second kappa shape index (κ2) is 5.76. The molecule has 3 rings (SSSR count). The number of carbonyl (C=O) groups excluding carboxylic acids is 1. The number of Topliss-reactive ketones (excluding diaryl/α,β-unsaturated/α-hetero) is 1. The number of nitrogens with one attached hydrogen (secondary N) is 2. The Morgan fingerprint density at radius 2 is 2.32 bits per heavy atom. The molecule has 0 saturated carbocycles. The van der Waals surface area contributed by atoms with Crippen LogP contribution in [-0.2, 0) is 7.05 Å². The third-order valence-electron chi connectivity index (χ3n) is 3.77. The molecule has 2 heterocycles. The van der Waals surface area contributed by atoms with Crippen LogP contribution in [0.1, 0.15) is 16.1 Å². The average molecular weight is 317 g/mol. The molecule has 1 aromatic carbocycles. The molecular formula is C15H17N4O2S+. The molecule has 0 unspecified atom stereocenters. The standard InChI is InChI=1S/C15H16N4O2S/c1-9-14(13(20)7-16-15-18-17-8-22-15)11-6-10(21-3)4-5-12(11)19(9)2/h4-6,8H,7H2,1-3H3,(H,16,18)/p+1. The second-order valence-corrected chi connectivity index (χ2v) is 5.82. The molecule has 0 aliphatic carbocycles. The van der Waals surface area contributed by atoms with Gasteiger partial charge in [0, 0.05) is 34.3 Å². The number of benzene rings is 1. The van der Waals surface area contributed by atoms with Crippen molar-refractivity contribution in [2.75, 3.05) is 19.0 Å². The molecule has 0 atom stereocenters. The van der Waals surface area contributed by atoms with E-state index >= 15 is 0 Å². The summed E-state index contributed by atoms with van der Waals surface area (Å²) in [7, 11) is 3.59. The Hall–Kier alpha value is -2.41. The van der Waals surface area contributed by atoms with E-state index in [-0.39, 0.29) is 12.3 Å². The number of rotatable bonds is 5. The number of fused-ring (bicyclic) bond motifs is 1. The number of aryl methyl sites for hydroxylation is 1. The maximum atomic E-state index is 12.6. The maximum Gasteiger partial charge on any atom is 0.255 e. The van der Waals surface area contributed by atoms with Crippen LogP contribution in [0, 0.1) is 6.92 Å². The summed E-state index contributed by atoms with van der Waals surface area (Å²) in [6.07, 6.45) is 0. The summed E-state index contributed by atoms with van der Waals surface area (Å²) < 4.78 is 7.30. The van der Waals surface area contributed by atoms with E-state index in [9.17, 15) is 4.79 Å². The number of anilines is 1. The first-order valence-electron chi connectivity index (χ1n) is 6.83. The Labute approximate surface area is 131 Å². The lowest BCUT2D eigenvalue weighted by atomic mass is 10.1. The number of ether oxygens (including phenoxy) is 1. The molecule has 0 aliphatic rings. The Morgan fingerprint density at radius 3 is 3.00 bits per heavy atom. The Kier molecular flexibility index (Phi) is 3.81. The first-order chi connectivity index (χ1) is 10.6. The zero-order chi connectivity index (χ0) is 15.7. The highest BCUT2D eigenvalue weighted by Gasteiger charge is 2.19. The van der Waals surface area contributed by atoms with Crippen molar-refractivity contribution in [2.24, 2.45) is 7.05 Å². The topological polar surface area (TPSA) is 70.3 Å². The predicted octanol–water partition coefficient (Wildman–Crippen LogP) is 2.06. The normalized spacial score (nSPS) is 10.9. The van der Waals surface area contributed by atoms with E-state index in [2.05, 4.69) is 15.5 Å². The second-order valence-electron chi connectivity index (χ2n) is 4.96. The lowest BCUT2D eigenvalue weighted by molar-refractivity contribution is -0.446. The predicted molar refractivity (Wildman–Crippen MR) is 85.7 cm³/mol. The van der Waals surface area contributed by atoms with Gasteiger partial charge in [-0.2, -0.15) is 0 Å². The third kappa shape index (κ3) is 2.43. The van der Waals surface area contributed by atoms with Crippen molar-refractivity contribution in [3.63, 3.8) is 0 Å². The summed E-state index contributed by atoms with van der Waals surface area (Å²) in [6.45, 7) is 2.16. The number of aromatic amines is 1. The van der Waals surface area contributed by atoms with Crippen molar-refractivity contribution in [3.8, 4) is 5.75 Å². The SMILES string of the molecule is COc1ccc2c(c1)c(C(=O)CNc1n[nH+]cs1)c(C)n2C. The molecule has 0 amide bonds. The summed E-state index contributed by atoms with van der Waals surface area (Å²) in [5.41, 5.74) is 4.44. The first kappa shape index (κ1) is 14.5. The number of aromatic nitrogens is 3. The van der Waals surface area contributed by atoms with Crippen LogP contribution in [0.5, 0.6) is 5.75 Å². The van der Waals surface area contributed by atoms with Gasteiger partial charge in [0.05, 0.1) is 13.7 Å². The van der Waals surface area contributed by atoms with Crippen molar-refractivity contribution in [1.82, 2.24) is 9.67 Å². The highest BCUT2D eigenvalue weighted by atomic mass is 32.1. The summed E-state index contributed by atoms with van der Waals surface area (Å²) >= 11 is 1.42. The summed E-state index contributed by atoms with van der Waals surface area (Å²) in [6, 6.07) is 5.79. The summed E-state index contributed by atoms with van der Waals surface area (Å²) in [5.74, 6) is 0.779. The largest absolute Gasteiger partial charge is 0.497 e. The van der Waals surface area contributed by atoms with E-state index in [0.29, 0.717) is 5.13 Å². The van der Waals surface area contributed by atoms with Crippen LogP contribution in [0.2, 0.25) is 0 Å². The number of nitrogens with zero attached hydrogens (tertiary/aromatic N) is 2. The van der Waals surface area contributed by atoms with Crippen LogP contribution in [0.3, 0.4) is 0 Å². The molecule has 0 spiro atoms. The number of ketones is 1. The van der Waals surface area contributed by atoms with E-state index in [0.717, 1.165) is 27.9 Å². The molecule has 2 aromatic heterocycles. The van der Waals surface area contributed by atoms with Crippen LogP contribution < -0.4 is 15.2 Å². The molecular weight excluding hydrogens is 300 g/mol. The number of hydrogen-bond donors (Lipinski definition) is 1. The Bertz CT molecular complexity index is 824. The van der Waals surface area contributed by atoms with Crippen molar-refractivity contribution >= 4 is 33.2 Å². The van der Waals surface area contributed by atoms with E-state index in [1.165, 1.54) is 11.3 Å². The summed E-state index contributed by atoms with van der Waals surface area (Å²) in [4.78, 5) is 12.6. The Balaban J connectivity index is 1.97. The molecule has 0 bridgehead atoms. The number of methoxy groups -OCH3 is 1. The maximum absolute atomic E-state index is 12.6. The van der Waals surface area contributed by atoms with Crippen molar-refractivity contribution in [1.29, 1.82) is 0 Å². The van der Waals surface area contributed by atoms with Crippen molar-refractivity contribution in [2.45, 2.75) is 6.92 Å².